The highest BCUT2D eigenvalue weighted by Gasteiger charge is 2.12. The van der Waals surface area contributed by atoms with Crippen LogP contribution in [0, 0.1) is 27.7 Å². The minimum atomic E-state index is 1.05. The minimum absolute atomic E-state index is 1.05. The first-order valence-corrected chi connectivity index (χ1v) is 7.12. The maximum absolute atomic E-state index is 4.18. The van der Waals surface area contributed by atoms with E-state index in [1.807, 2.05) is 27.7 Å². The Kier molecular flexibility index (Phi) is 3.30. The zero-order valence-corrected chi connectivity index (χ0v) is 11.3. The number of nitrogens with zero attached hydrogens (tertiary/aromatic N) is 2. The molecule has 0 aliphatic carbocycles. The SMILES string of the molecule is Cc1n[nH]c(C)c1SSc1c(C)n[nH]c1C. The molecule has 0 bridgehead atoms. The normalized spacial score (nSPS) is 11.0. The highest BCUT2D eigenvalue weighted by atomic mass is 33.1. The molecule has 0 fully saturated rings. The molecule has 0 amide bonds. The molecule has 16 heavy (non-hydrogen) atoms. The molecule has 2 heterocycles. The van der Waals surface area contributed by atoms with E-state index in [-0.39, 0.29) is 0 Å². The van der Waals surface area contributed by atoms with Crippen LogP contribution in [0.2, 0.25) is 0 Å². The van der Waals surface area contributed by atoms with Crippen molar-refractivity contribution in [1.29, 1.82) is 0 Å². The summed E-state index contributed by atoms with van der Waals surface area (Å²) in [5, 5.41) is 14.3. The number of aromatic nitrogens is 4. The molecule has 86 valence electrons. The average Bonchev–Trinajstić information content (AvgIpc) is 2.72. The maximum atomic E-state index is 4.18. The molecule has 0 aliphatic heterocycles. The average molecular weight is 254 g/mol. The Morgan fingerprint density at radius 2 is 1.12 bits per heavy atom. The lowest BCUT2D eigenvalue weighted by Gasteiger charge is -2.00. The number of rotatable bonds is 3. The molecule has 0 unspecified atom stereocenters. The van der Waals surface area contributed by atoms with Crippen molar-refractivity contribution in [3.05, 3.63) is 22.8 Å². The lowest BCUT2D eigenvalue weighted by atomic mass is 10.4. The van der Waals surface area contributed by atoms with E-state index in [1.165, 1.54) is 9.79 Å². The molecule has 2 N–H and O–H groups in total. The highest BCUT2D eigenvalue weighted by molar-refractivity contribution is 8.76. The van der Waals surface area contributed by atoms with Gasteiger partial charge in [-0.05, 0) is 49.3 Å². The van der Waals surface area contributed by atoms with Crippen molar-refractivity contribution >= 4 is 21.6 Å². The fourth-order valence-corrected chi connectivity index (χ4v) is 4.22. The molecular weight excluding hydrogens is 240 g/mol. The standard InChI is InChI=1S/C10H14N4S2/c1-5-9(6(2)12-11-5)15-16-10-7(3)13-14-8(10)4/h1-4H3,(H,11,12)(H,13,14). The van der Waals surface area contributed by atoms with Gasteiger partial charge in [0.15, 0.2) is 0 Å². The van der Waals surface area contributed by atoms with Gasteiger partial charge in [-0.1, -0.05) is 0 Å². The number of aryl methyl sites for hydroxylation is 4. The number of aromatic amines is 2. The number of nitrogens with one attached hydrogen (secondary N) is 2. The van der Waals surface area contributed by atoms with Crippen molar-refractivity contribution in [3.63, 3.8) is 0 Å². The van der Waals surface area contributed by atoms with Gasteiger partial charge in [0, 0.05) is 11.4 Å². The largest absolute Gasteiger partial charge is 0.281 e. The second-order valence-corrected chi connectivity index (χ2v) is 5.84. The van der Waals surface area contributed by atoms with Crippen molar-refractivity contribution in [2.45, 2.75) is 37.5 Å². The lowest BCUT2D eigenvalue weighted by molar-refractivity contribution is 1.02. The molecule has 0 radical (unpaired) electrons. The number of hydrogen-bond donors (Lipinski definition) is 2. The summed E-state index contributed by atoms with van der Waals surface area (Å²) in [5.74, 6) is 0. The first-order chi connectivity index (χ1) is 7.59. The molecular formula is C10H14N4S2. The zero-order chi connectivity index (χ0) is 11.7. The third-order valence-electron chi connectivity index (χ3n) is 2.33. The third kappa shape index (κ3) is 2.12. The van der Waals surface area contributed by atoms with E-state index >= 15 is 0 Å². The lowest BCUT2D eigenvalue weighted by Crippen LogP contribution is -1.77. The Hall–Kier alpha value is -0.880. The van der Waals surface area contributed by atoms with Crippen molar-refractivity contribution in [2.24, 2.45) is 0 Å². The summed E-state index contributed by atoms with van der Waals surface area (Å²) in [4.78, 5) is 2.43. The van der Waals surface area contributed by atoms with Crippen LogP contribution in [0.3, 0.4) is 0 Å². The van der Waals surface area contributed by atoms with E-state index in [2.05, 4.69) is 20.4 Å². The summed E-state index contributed by atoms with van der Waals surface area (Å²) in [5.41, 5.74) is 4.34. The van der Waals surface area contributed by atoms with E-state index in [4.69, 9.17) is 0 Å². The van der Waals surface area contributed by atoms with Gasteiger partial charge in [0.05, 0.1) is 21.2 Å². The van der Waals surface area contributed by atoms with Gasteiger partial charge in [-0.2, -0.15) is 10.2 Å². The molecule has 0 atom stereocenters. The smallest absolute Gasteiger partial charge is 0.0738 e. The molecule has 2 aromatic heterocycles. The highest BCUT2D eigenvalue weighted by Crippen LogP contribution is 2.41. The fraction of sp³-hybridized carbons (Fsp3) is 0.400. The van der Waals surface area contributed by atoms with Gasteiger partial charge in [-0.25, -0.2) is 0 Å². The summed E-state index contributed by atoms with van der Waals surface area (Å²) in [6.45, 7) is 8.11. The van der Waals surface area contributed by atoms with Crippen molar-refractivity contribution in [1.82, 2.24) is 20.4 Å². The molecule has 0 aliphatic rings. The fourth-order valence-electron chi connectivity index (χ4n) is 1.41. The van der Waals surface area contributed by atoms with E-state index < -0.39 is 0 Å². The number of H-pyrrole nitrogens is 2. The Labute approximate surface area is 102 Å². The van der Waals surface area contributed by atoms with Crippen molar-refractivity contribution in [2.75, 3.05) is 0 Å². The van der Waals surface area contributed by atoms with Crippen LogP contribution >= 0.6 is 21.6 Å². The first kappa shape index (κ1) is 11.6. The van der Waals surface area contributed by atoms with Gasteiger partial charge >= 0.3 is 0 Å². The van der Waals surface area contributed by atoms with Gasteiger partial charge in [0.2, 0.25) is 0 Å². The molecule has 0 aromatic carbocycles. The van der Waals surface area contributed by atoms with Crippen LogP contribution in [0.25, 0.3) is 0 Å². The molecule has 0 saturated heterocycles. The van der Waals surface area contributed by atoms with Crippen molar-refractivity contribution in [3.8, 4) is 0 Å². The van der Waals surface area contributed by atoms with E-state index in [0.717, 1.165) is 22.8 Å². The Balaban J connectivity index is 2.14. The predicted octanol–water partition coefficient (Wildman–Crippen LogP) is 3.17. The van der Waals surface area contributed by atoms with Gasteiger partial charge in [-0.15, -0.1) is 0 Å². The van der Waals surface area contributed by atoms with Crippen molar-refractivity contribution < 1.29 is 0 Å². The van der Waals surface area contributed by atoms with Crippen LogP contribution in [0.1, 0.15) is 22.8 Å². The summed E-state index contributed by atoms with van der Waals surface area (Å²) in [6, 6.07) is 0. The second-order valence-electron chi connectivity index (χ2n) is 3.69. The Morgan fingerprint density at radius 1 is 0.750 bits per heavy atom. The molecule has 4 nitrogen and oxygen atoms in total. The second kappa shape index (κ2) is 4.55. The van der Waals surface area contributed by atoms with Gasteiger partial charge < -0.3 is 0 Å². The summed E-state index contributed by atoms with van der Waals surface area (Å²) in [7, 11) is 3.46. The topological polar surface area (TPSA) is 57.4 Å². The summed E-state index contributed by atoms with van der Waals surface area (Å²) in [6.07, 6.45) is 0. The molecule has 0 spiro atoms. The van der Waals surface area contributed by atoms with Crippen LogP contribution in [0.5, 0.6) is 0 Å². The predicted molar refractivity (Wildman–Crippen MR) is 67.8 cm³/mol. The summed E-state index contributed by atoms with van der Waals surface area (Å²) < 4.78 is 0. The first-order valence-electron chi connectivity index (χ1n) is 4.97. The van der Waals surface area contributed by atoms with Crippen LogP contribution in [-0.4, -0.2) is 20.4 Å². The van der Waals surface area contributed by atoms with Crippen LogP contribution in [0.15, 0.2) is 9.79 Å². The number of hydrogen-bond acceptors (Lipinski definition) is 4. The Bertz CT molecular complexity index is 416. The van der Waals surface area contributed by atoms with Gasteiger partial charge in [-0.3, -0.25) is 10.2 Å². The van der Waals surface area contributed by atoms with Gasteiger partial charge in [0.1, 0.15) is 0 Å². The zero-order valence-electron chi connectivity index (χ0n) is 9.71. The molecule has 0 saturated carbocycles. The van der Waals surface area contributed by atoms with Crippen LogP contribution < -0.4 is 0 Å². The third-order valence-corrected chi connectivity index (χ3v) is 5.20. The molecule has 2 aromatic rings. The summed E-state index contributed by atoms with van der Waals surface area (Å²) >= 11 is 0. The quantitative estimate of drug-likeness (QED) is 0.826. The van der Waals surface area contributed by atoms with E-state index in [1.54, 1.807) is 21.6 Å². The minimum Gasteiger partial charge on any atom is -0.281 e. The van der Waals surface area contributed by atoms with E-state index in [9.17, 15) is 0 Å². The van der Waals surface area contributed by atoms with Crippen LogP contribution in [-0.2, 0) is 0 Å². The Morgan fingerprint density at radius 3 is 1.38 bits per heavy atom. The van der Waals surface area contributed by atoms with Crippen LogP contribution in [0.4, 0.5) is 0 Å². The molecule has 6 heteroatoms. The molecule has 2 rings (SSSR count). The van der Waals surface area contributed by atoms with E-state index in [0.29, 0.717) is 0 Å². The maximum Gasteiger partial charge on any atom is 0.0738 e. The van der Waals surface area contributed by atoms with Gasteiger partial charge in [0.25, 0.3) is 0 Å². The monoisotopic (exact) mass is 254 g/mol.